The van der Waals surface area contributed by atoms with E-state index in [1.54, 1.807) is 26.0 Å². The molecule has 2 aromatic rings. The number of carbonyl (C=O) groups excluding carboxylic acids is 1. The highest BCUT2D eigenvalue weighted by atomic mass is 32.2. The Hall–Kier alpha value is -3.17. The molecule has 1 heterocycles. The predicted molar refractivity (Wildman–Crippen MR) is 136 cm³/mol. The fourth-order valence-electron chi connectivity index (χ4n) is 4.70. The lowest BCUT2D eigenvalue weighted by Crippen LogP contribution is -2.36. The highest BCUT2D eigenvalue weighted by molar-refractivity contribution is 8.02. The summed E-state index contributed by atoms with van der Waals surface area (Å²) < 4.78 is 10.9. The molecule has 0 fully saturated rings. The number of ketones is 1. The molecule has 34 heavy (non-hydrogen) atoms. The van der Waals surface area contributed by atoms with Crippen LogP contribution in [-0.2, 0) is 10.5 Å². The highest BCUT2D eigenvalue weighted by Crippen LogP contribution is 2.49. The molecule has 6 heteroatoms. The number of dihydropyridines is 1. The smallest absolute Gasteiger partial charge is 0.162 e. The number of thioether (sulfide) groups is 1. The van der Waals surface area contributed by atoms with E-state index in [1.807, 2.05) is 18.2 Å². The first-order valence-corrected chi connectivity index (χ1v) is 12.3. The van der Waals surface area contributed by atoms with Crippen molar-refractivity contribution in [1.29, 1.82) is 5.26 Å². The van der Waals surface area contributed by atoms with Crippen LogP contribution in [0.25, 0.3) is 0 Å². The molecule has 0 unspecified atom stereocenters. The van der Waals surface area contributed by atoms with E-state index in [1.165, 1.54) is 11.1 Å². The molecule has 1 aliphatic heterocycles. The Balaban J connectivity index is 1.80. The van der Waals surface area contributed by atoms with Crippen molar-refractivity contribution in [2.75, 3.05) is 14.2 Å². The van der Waals surface area contributed by atoms with Gasteiger partial charge in [0.1, 0.15) is 0 Å². The number of rotatable bonds is 6. The van der Waals surface area contributed by atoms with Crippen molar-refractivity contribution in [2.24, 2.45) is 5.41 Å². The third-order valence-corrected chi connectivity index (χ3v) is 7.46. The van der Waals surface area contributed by atoms with Crippen molar-refractivity contribution in [2.45, 2.75) is 45.3 Å². The molecule has 2 aliphatic rings. The molecule has 5 nitrogen and oxygen atoms in total. The second-order valence-corrected chi connectivity index (χ2v) is 10.6. The SMILES string of the molecule is COc1ccc([C@@H]2C(C#N)=C(SCc3ccc(C)cc3)NC3=C2C(=O)CC(C)(C)C3)cc1OC. The van der Waals surface area contributed by atoms with Crippen molar-refractivity contribution in [3.8, 4) is 17.6 Å². The van der Waals surface area contributed by atoms with Crippen LogP contribution in [0, 0.1) is 23.7 Å². The van der Waals surface area contributed by atoms with Crippen molar-refractivity contribution in [3.63, 3.8) is 0 Å². The maximum absolute atomic E-state index is 13.4. The Morgan fingerprint density at radius 1 is 1.09 bits per heavy atom. The summed E-state index contributed by atoms with van der Waals surface area (Å²) in [5.74, 6) is 1.57. The average Bonchev–Trinajstić information content (AvgIpc) is 2.81. The molecule has 176 valence electrons. The zero-order chi connectivity index (χ0) is 24.5. The van der Waals surface area contributed by atoms with E-state index in [4.69, 9.17) is 9.47 Å². The van der Waals surface area contributed by atoms with Gasteiger partial charge in [0.2, 0.25) is 0 Å². The number of ether oxygens (including phenoxy) is 2. The van der Waals surface area contributed by atoms with Gasteiger partial charge < -0.3 is 14.8 Å². The van der Waals surface area contributed by atoms with Crippen LogP contribution in [0.1, 0.15) is 49.3 Å². The molecule has 1 N–H and O–H groups in total. The number of nitriles is 1. The third kappa shape index (κ3) is 4.71. The monoisotopic (exact) mass is 474 g/mol. The van der Waals surface area contributed by atoms with Crippen molar-refractivity contribution in [3.05, 3.63) is 81.0 Å². The van der Waals surface area contributed by atoms with Gasteiger partial charge in [-0.1, -0.05) is 49.7 Å². The Kier molecular flexibility index (Phi) is 6.77. The summed E-state index contributed by atoms with van der Waals surface area (Å²) in [5.41, 5.74) is 5.30. The van der Waals surface area contributed by atoms with E-state index >= 15 is 0 Å². The minimum Gasteiger partial charge on any atom is -0.493 e. The summed E-state index contributed by atoms with van der Waals surface area (Å²) in [6, 6.07) is 16.5. The van der Waals surface area contributed by atoms with E-state index in [-0.39, 0.29) is 11.2 Å². The van der Waals surface area contributed by atoms with Crippen LogP contribution in [0.15, 0.2) is 64.3 Å². The molecule has 0 bridgehead atoms. The van der Waals surface area contributed by atoms with E-state index in [9.17, 15) is 10.1 Å². The number of hydrogen-bond acceptors (Lipinski definition) is 6. The number of allylic oxidation sites excluding steroid dienone is 3. The van der Waals surface area contributed by atoms with E-state index in [2.05, 4.69) is 56.4 Å². The summed E-state index contributed by atoms with van der Waals surface area (Å²) in [4.78, 5) is 13.4. The average molecular weight is 475 g/mol. The summed E-state index contributed by atoms with van der Waals surface area (Å²) in [6.07, 6.45) is 1.22. The van der Waals surface area contributed by atoms with Crippen LogP contribution >= 0.6 is 11.8 Å². The maximum Gasteiger partial charge on any atom is 0.162 e. The normalized spacial score (nSPS) is 19.3. The number of benzene rings is 2. The van der Waals surface area contributed by atoms with Crippen LogP contribution < -0.4 is 14.8 Å². The first kappa shape index (κ1) is 24.0. The van der Waals surface area contributed by atoms with Crippen LogP contribution in [0.3, 0.4) is 0 Å². The van der Waals surface area contributed by atoms with Crippen LogP contribution in [-0.4, -0.2) is 20.0 Å². The Morgan fingerprint density at radius 2 is 1.79 bits per heavy atom. The molecule has 1 aliphatic carbocycles. The lowest BCUT2D eigenvalue weighted by molar-refractivity contribution is -0.118. The zero-order valence-corrected chi connectivity index (χ0v) is 21.1. The second-order valence-electron chi connectivity index (χ2n) is 9.63. The second kappa shape index (κ2) is 9.60. The number of nitrogens with one attached hydrogen (secondary N) is 1. The van der Waals surface area contributed by atoms with Gasteiger partial charge in [0, 0.05) is 23.4 Å². The number of aryl methyl sites for hydroxylation is 1. The van der Waals surface area contributed by atoms with Crippen molar-refractivity contribution < 1.29 is 14.3 Å². The van der Waals surface area contributed by atoms with Gasteiger partial charge in [0.15, 0.2) is 17.3 Å². The van der Waals surface area contributed by atoms with Crippen LogP contribution in [0.4, 0.5) is 0 Å². The van der Waals surface area contributed by atoms with E-state index < -0.39 is 5.92 Å². The van der Waals surface area contributed by atoms with E-state index in [0.717, 1.165) is 28.5 Å². The standard InChI is InChI=1S/C28H30N2O3S/c1-17-6-8-18(9-7-17)16-34-27-20(15-29)25(19-10-11-23(32-4)24(12-19)33-5)26-21(30-27)13-28(2,3)14-22(26)31/h6-12,25,30H,13-14,16H2,1-5H3/t25-/m1/s1. The van der Waals surface area contributed by atoms with Crippen molar-refractivity contribution >= 4 is 17.5 Å². The van der Waals surface area contributed by atoms with E-state index in [0.29, 0.717) is 29.1 Å². The molecule has 0 amide bonds. The minimum atomic E-state index is -0.440. The molecule has 2 aromatic carbocycles. The lowest BCUT2D eigenvalue weighted by Gasteiger charge is -2.39. The fraction of sp³-hybridized carbons (Fsp3) is 0.357. The van der Waals surface area contributed by atoms with Crippen molar-refractivity contribution in [1.82, 2.24) is 5.32 Å². The maximum atomic E-state index is 13.4. The molecule has 1 atom stereocenters. The minimum absolute atomic E-state index is 0.0915. The van der Waals surface area contributed by atoms with Gasteiger partial charge >= 0.3 is 0 Å². The lowest BCUT2D eigenvalue weighted by atomic mass is 9.69. The topological polar surface area (TPSA) is 71.3 Å². The van der Waals surface area contributed by atoms with Gasteiger partial charge in [-0.05, 0) is 42.0 Å². The Labute approximate surface area is 205 Å². The zero-order valence-electron chi connectivity index (χ0n) is 20.3. The summed E-state index contributed by atoms with van der Waals surface area (Å²) in [5, 5.41) is 14.6. The van der Waals surface area contributed by atoms with Gasteiger partial charge in [-0.3, -0.25) is 4.79 Å². The number of Topliss-reactive ketones (excluding diaryl/α,β-unsaturated/α-hetero) is 1. The summed E-state index contributed by atoms with van der Waals surface area (Å²) >= 11 is 1.61. The summed E-state index contributed by atoms with van der Waals surface area (Å²) in [6.45, 7) is 6.30. The van der Waals surface area contributed by atoms with Gasteiger partial charge in [-0.2, -0.15) is 5.26 Å². The molecule has 4 rings (SSSR count). The van der Waals surface area contributed by atoms with Gasteiger partial charge in [0.05, 0.1) is 36.8 Å². The summed E-state index contributed by atoms with van der Waals surface area (Å²) in [7, 11) is 3.18. The molecule has 0 aromatic heterocycles. The predicted octanol–water partition coefficient (Wildman–Crippen LogP) is 6.01. The van der Waals surface area contributed by atoms with Crippen LogP contribution in [0.5, 0.6) is 11.5 Å². The molecular weight excluding hydrogens is 444 g/mol. The quantitative estimate of drug-likeness (QED) is 0.553. The molecule has 0 saturated heterocycles. The molecule has 0 spiro atoms. The number of methoxy groups -OCH3 is 2. The number of carbonyl (C=O) groups is 1. The first-order valence-electron chi connectivity index (χ1n) is 11.3. The third-order valence-electron chi connectivity index (χ3n) is 6.37. The van der Waals surface area contributed by atoms with Gasteiger partial charge in [0.25, 0.3) is 0 Å². The number of nitrogens with zero attached hydrogens (tertiary/aromatic N) is 1. The molecular formula is C28H30N2O3S. The Morgan fingerprint density at radius 3 is 2.44 bits per heavy atom. The number of hydrogen-bond donors (Lipinski definition) is 1. The largest absolute Gasteiger partial charge is 0.493 e. The molecule has 0 radical (unpaired) electrons. The Bertz CT molecular complexity index is 1220. The van der Waals surface area contributed by atoms with Gasteiger partial charge in [-0.25, -0.2) is 0 Å². The first-order chi connectivity index (χ1) is 16.3. The van der Waals surface area contributed by atoms with Gasteiger partial charge in [-0.15, -0.1) is 11.8 Å². The fourth-order valence-corrected chi connectivity index (χ4v) is 5.71. The highest BCUT2D eigenvalue weighted by Gasteiger charge is 2.42. The molecule has 0 saturated carbocycles. The van der Waals surface area contributed by atoms with Crippen LogP contribution in [0.2, 0.25) is 0 Å².